The second-order valence-corrected chi connectivity index (χ2v) is 18.0. The van der Waals surface area contributed by atoms with E-state index >= 15 is 0 Å². The lowest BCUT2D eigenvalue weighted by Crippen LogP contribution is -2.64. The largest absolute Gasteiger partial charge is 0.472 e. The summed E-state index contributed by atoms with van der Waals surface area (Å²) in [5.41, 5.74) is 0. The molecule has 58 heavy (non-hydrogen) atoms. The molecule has 1 saturated carbocycles. The first-order chi connectivity index (χ1) is 27.9. The number of carbonyl (C=O) groups is 2. The van der Waals surface area contributed by atoms with Crippen molar-refractivity contribution in [2.45, 2.75) is 256 Å². The van der Waals surface area contributed by atoms with Gasteiger partial charge in [-0.1, -0.05) is 187 Å². The third-order valence-corrected chi connectivity index (χ3v) is 12.2. The Hall–Kier alpha value is -1.15. The summed E-state index contributed by atoms with van der Waals surface area (Å²) in [6.45, 7) is 3.32. The van der Waals surface area contributed by atoms with Crippen molar-refractivity contribution >= 4 is 19.8 Å². The summed E-state index contributed by atoms with van der Waals surface area (Å²) in [6, 6.07) is 0. The standard InChI is InChI=1S/C44H85O13P/c1-3-5-7-9-11-13-15-17-18-19-21-23-25-27-29-31-33-38(46)56-36(35-55-58(52,53)57-44-42(50)40(48)39(47)41(49)43(44)51)34-54-37(45)32-30-28-26-24-22-20-16-14-12-10-8-6-4-2/h36,39-44,47-51H,3-35H2,1-2H3,(H,52,53). The molecular formula is C44H85O13P. The van der Waals surface area contributed by atoms with Crippen molar-refractivity contribution in [2.24, 2.45) is 0 Å². The SMILES string of the molecule is CCCCCCCCCCCCCCCCCCC(=O)OC(COC(=O)CCCCCCCCCCCCCCC)COP(=O)(O)OC1C(O)C(O)C(O)C(O)C1O. The van der Waals surface area contributed by atoms with Gasteiger partial charge in [0.2, 0.25) is 0 Å². The molecule has 0 aromatic carbocycles. The highest BCUT2D eigenvalue weighted by atomic mass is 31.2. The second kappa shape index (κ2) is 35.4. The molecule has 0 radical (unpaired) electrons. The fourth-order valence-electron chi connectivity index (χ4n) is 7.41. The van der Waals surface area contributed by atoms with E-state index in [9.17, 15) is 44.6 Å². The van der Waals surface area contributed by atoms with Crippen LogP contribution in [0.15, 0.2) is 0 Å². The molecule has 0 saturated heterocycles. The Labute approximate surface area is 351 Å². The number of aliphatic hydroxyl groups is 5. The predicted octanol–water partition coefficient (Wildman–Crippen LogP) is 8.89. The Morgan fingerprint density at radius 3 is 1.14 bits per heavy atom. The molecule has 13 nitrogen and oxygen atoms in total. The van der Waals surface area contributed by atoms with E-state index in [2.05, 4.69) is 13.8 Å². The highest BCUT2D eigenvalue weighted by molar-refractivity contribution is 7.47. The molecule has 0 aliphatic heterocycles. The van der Waals surface area contributed by atoms with Gasteiger partial charge in [0, 0.05) is 12.8 Å². The molecule has 0 spiro atoms. The van der Waals surface area contributed by atoms with Gasteiger partial charge in [-0.2, -0.15) is 0 Å². The van der Waals surface area contributed by atoms with Crippen LogP contribution < -0.4 is 0 Å². The first kappa shape index (κ1) is 54.9. The van der Waals surface area contributed by atoms with Crippen molar-refractivity contribution in [3.63, 3.8) is 0 Å². The van der Waals surface area contributed by atoms with Gasteiger partial charge in [0.25, 0.3) is 0 Å². The second-order valence-electron chi connectivity index (χ2n) is 16.6. The number of phosphoric acid groups is 1. The zero-order valence-electron chi connectivity index (χ0n) is 36.4. The number of carbonyl (C=O) groups excluding carboxylic acids is 2. The van der Waals surface area contributed by atoms with Gasteiger partial charge in [0.05, 0.1) is 6.61 Å². The number of hydrogen-bond acceptors (Lipinski definition) is 12. The minimum atomic E-state index is -5.11. The minimum absolute atomic E-state index is 0.105. The van der Waals surface area contributed by atoms with Crippen LogP contribution in [-0.2, 0) is 32.7 Å². The number of phosphoric ester groups is 1. The van der Waals surface area contributed by atoms with Crippen LogP contribution in [0.2, 0.25) is 0 Å². The van der Waals surface area contributed by atoms with Crippen LogP contribution in [0.25, 0.3) is 0 Å². The van der Waals surface area contributed by atoms with Crippen molar-refractivity contribution in [1.82, 2.24) is 0 Å². The van der Waals surface area contributed by atoms with E-state index in [4.69, 9.17) is 18.5 Å². The summed E-state index contributed by atoms with van der Waals surface area (Å²) < 4.78 is 33.5. The third kappa shape index (κ3) is 27.6. The molecule has 6 unspecified atom stereocenters. The van der Waals surface area contributed by atoms with Crippen LogP contribution in [0.1, 0.15) is 213 Å². The molecule has 1 fully saturated rings. The van der Waals surface area contributed by atoms with Gasteiger partial charge in [0.15, 0.2) is 6.10 Å². The maximum Gasteiger partial charge on any atom is 0.472 e. The third-order valence-electron chi connectivity index (χ3n) is 11.2. The molecule has 6 N–H and O–H groups in total. The Bertz CT molecular complexity index is 1030. The number of ether oxygens (including phenoxy) is 2. The number of hydrogen-bond donors (Lipinski definition) is 6. The monoisotopic (exact) mass is 853 g/mol. The number of rotatable bonds is 39. The van der Waals surface area contributed by atoms with E-state index in [1.165, 1.54) is 135 Å². The van der Waals surface area contributed by atoms with Gasteiger partial charge < -0.3 is 39.9 Å². The fraction of sp³-hybridized carbons (Fsp3) is 0.955. The summed E-state index contributed by atoms with van der Waals surface area (Å²) in [5, 5.41) is 50.1. The van der Waals surface area contributed by atoms with Crippen molar-refractivity contribution in [1.29, 1.82) is 0 Å². The summed E-state index contributed by atoms with van der Waals surface area (Å²) >= 11 is 0. The van der Waals surface area contributed by atoms with E-state index in [1.54, 1.807) is 0 Å². The lowest BCUT2D eigenvalue weighted by molar-refractivity contribution is -0.220. The van der Waals surface area contributed by atoms with Gasteiger partial charge in [-0.3, -0.25) is 18.6 Å². The molecule has 0 aromatic heterocycles. The first-order valence-electron chi connectivity index (χ1n) is 23.3. The van der Waals surface area contributed by atoms with Crippen molar-refractivity contribution < 1.29 is 63.1 Å². The molecule has 344 valence electrons. The van der Waals surface area contributed by atoms with E-state index in [0.29, 0.717) is 12.8 Å². The van der Waals surface area contributed by atoms with E-state index in [1.807, 2.05) is 0 Å². The lowest BCUT2D eigenvalue weighted by Gasteiger charge is -2.41. The highest BCUT2D eigenvalue weighted by Crippen LogP contribution is 2.47. The van der Waals surface area contributed by atoms with Crippen molar-refractivity contribution in [3.8, 4) is 0 Å². The minimum Gasteiger partial charge on any atom is -0.462 e. The predicted molar refractivity (Wildman–Crippen MR) is 226 cm³/mol. The average molecular weight is 853 g/mol. The van der Waals surface area contributed by atoms with E-state index in [0.717, 1.165) is 38.5 Å². The number of esters is 2. The maximum atomic E-state index is 12.8. The molecule has 6 atom stereocenters. The Morgan fingerprint density at radius 1 is 0.466 bits per heavy atom. The molecule has 0 bridgehead atoms. The molecule has 1 rings (SSSR count). The zero-order valence-corrected chi connectivity index (χ0v) is 37.3. The summed E-state index contributed by atoms with van der Waals surface area (Å²) in [5.74, 6) is -1.08. The Balaban J connectivity index is 2.44. The molecule has 14 heteroatoms. The topological polar surface area (TPSA) is 210 Å². The van der Waals surface area contributed by atoms with Gasteiger partial charge >= 0.3 is 19.8 Å². The highest BCUT2D eigenvalue weighted by Gasteiger charge is 2.51. The van der Waals surface area contributed by atoms with E-state index < -0.39 is 75.7 Å². The van der Waals surface area contributed by atoms with Crippen LogP contribution in [-0.4, -0.2) is 98.3 Å². The zero-order chi connectivity index (χ0) is 42.9. The molecule has 0 amide bonds. The van der Waals surface area contributed by atoms with Crippen LogP contribution in [0.5, 0.6) is 0 Å². The molecule has 1 aliphatic carbocycles. The van der Waals surface area contributed by atoms with Crippen LogP contribution in [0.3, 0.4) is 0 Å². The van der Waals surface area contributed by atoms with Gasteiger partial charge in [-0.25, -0.2) is 4.57 Å². The lowest BCUT2D eigenvalue weighted by atomic mass is 9.85. The molecule has 0 aromatic rings. The fourth-order valence-corrected chi connectivity index (χ4v) is 8.38. The first-order valence-corrected chi connectivity index (χ1v) is 24.8. The average Bonchev–Trinajstić information content (AvgIpc) is 3.20. The molecule has 0 heterocycles. The normalized spacial score (nSPS) is 22.4. The maximum absolute atomic E-state index is 12.8. The van der Waals surface area contributed by atoms with Gasteiger partial charge in [-0.15, -0.1) is 0 Å². The summed E-state index contributed by atoms with van der Waals surface area (Å²) in [7, 11) is -5.11. The van der Waals surface area contributed by atoms with E-state index in [-0.39, 0.29) is 12.8 Å². The van der Waals surface area contributed by atoms with Gasteiger partial charge in [-0.05, 0) is 12.8 Å². The van der Waals surface area contributed by atoms with Crippen LogP contribution >= 0.6 is 7.82 Å². The molecular weight excluding hydrogens is 767 g/mol. The van der Waals surface area contributed by atoms with Gasteiger partial charge in [0.1, 0.15) is 43.2 Å². The van der Waals surface area contributed by atoms with Crippen molar-refractivity contribution in [3.05, 3.63) is 0 Å². The summed E-state index contributed by atoms with van der Waals surface area (Å²) in [4.78, 5) is 35.7. The van der Waals surface area contributed by atoms with Crippen molar-refractivity contribution in [2.75, 3.05) is 13.2 Å². The number of unbranched alkanes of at least 4 members (excludes halogenated alkanes) is 27. The Kier molecular flexibility index (Phi) is 33.5. The Morgan fingerprint density at radius 2 is 0.776 bits per heavy atom. The van der Waals surface area contributed by atoms with Crippen LogP contribution in [0.4, 0.5) is 0 Å². The number of aliphatic hydroxyl groups excluding tert-OH is 5. The molecule has 1 aliphatic rings. The smallest absolute Gasteiger partial charge is 0.462 e. The summed E-state index contributed by atoms with van der Waals surface area (Å²) in [6.07, 6.45) is 21.6. The van der Waals surface area contributed by atoms with Crippen LogP contribution in [0, 0.1) is 0 Å². The quantitative estimate of drug-likeness (QED) is 0.0194.